The molecule has 0 spiro atoms. The molecule has 1 fully saturated rings. The predicted octanol–water partition coefficient (Wildman–Crippen LogP) is 3.78. The molecular formula is C28H20N4O4. The van der Waals surface area contributed by atoms with E-state index in [-0.39, 0.29) is 17.4 Å². The molecule has 2 aromatic carbocycles. The fourth-order valence-corrected chi connectivity index (χ4v) is 5.32. The Hall–Kier alpha value is -4.72. The number of benzene rings is 2. The van der Waals surface area contributed by atoms with Crippen LogP contribution in [0.4, 0.5) is 0 Å². The Bertz CT molecular complexity index is 1860. The Labute approximate surface area is 204 Å². The lowest BCUT2D eigenvalue weighted by molar-refractivity contribution is 0.0515. The van der Waals surface area contributed by atoms with Crippen LogP contribution in [0.5, 0.6) is 0 Å². The van der Waals surface area contributed by atoms with Crippen molar-refractivity contribution in [3.05, 3.63) is 94.8 Å². The molecule has 1 saturated heterocycles. The number of carbonyl (C=O) groups is 2. The van der Waals surface area contributed by atoms with E-state index >= 15 is 0 Å². The first-order valence-corrected chi connectivity index (χ1v) is 11.8. The Kier molecular flexibility index (Phi) is 4.38. The lowest BCUT2D eigenvalue weighted by Crippen LogP contribution is -2.50. The number of hydrogen-bond acceptors (Lipinski definition) is 5. The third kappa shape index (κ3) is 2.87. The second kappa shape index (κ2) is 7.64. The number of piperazine rings is 1. The van der Waals surface area contributed by atoms with Gasteiger partial charge in [0.1, 0.15) is 5.69 Å². The molecule has 0 aliphatic carbocycles. The zero-order valence-electron chi connectivity index (χ0n) is 19.2. The van der Waals surface area contributed by atoms with Gasteiger partial charge in [-0.25, -0.2) is 4.98 Å². The van der Waals surface area contributed by atoms with Crippen molar-refractivity contribution in [3.63, 3.8) is 0 Å². The SMILES string of the molecule is O=C(c1cc2c3ccccc3n3c(=O)c4ccccc4c(n1)c23)N1CCN(C(=O)c2ccco2)CC1. The van der Waals surface area contributed by atoms with E-state index in [4.69, 9.17) is 9.40 Å². The van der Waals surface area contributed by atoms with Gasteiger partial charge < -0.3 is 14.2 Å². The lowest BCUT2D eigenvalue weighted by Gasteiger charge is -2.34. The van der Waals surface area contributed by atoms with Gasteiger partial charge in [0.25, 0.3) is 17.4 Å². The molecule has 7 rings (SSSR count). The largest absolute Gasteiger partial charge is 0.459 e. The number of amides is 2. The van der Waals surface area contributed by atoms with Gasteiger partial charge in [0.15, 0.2) is 5.76 Å². The van der Waals surface area contributed by atoms with Crippen LogP contribution in [-0.2, 0) is 0 Å². The molecule has 1 aliphatic heterocycles. The number of fused-ring (bicyclic) bond motifs is 5. The van der Waals surface area contributed by atoms with Crippen molar-refractivity contribution in [2.75, 3.05) is 26.2 Å². The molecule has 2 amide bonds. The molecule has 4 aromatic heterocycles. The highest BCUT2D eigenvalue weighted by atomic mass is 16.3. The van der Waals surface area contributed by atoms with E-state index in [0.29, 0.717) is 48.5 Å². The minimum Gasteiger partial charge on any atom is -0.459 e. The van der Waals surface area contributed by atoms with Gasteiger partial charge in [-0.3, -0.25) is 18.8 Å². The zero-order valence-corrected chi connectivity index (χ0v) is 19.2. The molecular weight excluding hydrogens is 456 g/mol. The molecule has 0 bridgehead atoms. The first-order valence-electron chi connectivity index (χ1n) is 11.8. The summed E-state index contributed by atoms with van der Waals surface area (Å²) >= 11 is 0. The standard InChI is InChI=1S/C28H20N4O4/c33-26-19-8-2-1-7-18(19)24-25-20(17-6-3-4-9-22(17)32(25)26)16-21(29-24)27(34)30-11-13-31(14-12-30)28(35)23-10-5-15-36-23/h1-10,15-16H,11-14H2. The van der Waals surface area contributed by atoms with Gasteiger partial charge in [-0.1, -0.05) is 36.4 Å². The van der Waals surface area contributed by atoms with Crippen LogP contribution in [0.2, 0.25) is 0 Å². The maximum atomic E-state index is 13.6. The lowest BCUT2D eigenvalue weighted by atomic mass is 10.1. The van der Waals surface area contributed by atoms with Crippen molar-refractivity contribution in [3.8, 4) is 0 Å². The Morgan fingerprint density at radius 3 is 2.14 bits per heavy atom. The van der Waals surface area contributed by atoms with Crippen LogP contribution >= 0.6 is 0 Å². The summed E-state index contributed by atoms with van der Waals surface area (Å²) in [4.78, 5) is 47.9. The molecule has 0 saturated carbocycles. The summed E-state index contributed by atoms with van der Waals surface area (Å²) in [5, 5.41) is 3.02. The Morgan fingerprint density at radius 2 is 1.42 bits per heavy atom. The van der Waals surface area contributed by atoms with Crippen molar-refractivity contribution in [2.24, 2.45) is 0 Å². The first-order chi connectivity index (χ1) is 17.6. The van der Waals surface area contributed by atoms with Crippen LogP contribution in [-0.4, -0.2) is 57.2 Å². The summed E-state index contributed by atoms with van der Waals surface area (Å²) in [6.45, 7) is 1.63. The van der Waals surface area contributed by atoms with Crippen molar-refractivity contribution in [2.45, 2.75) is 0 Å². The maximum absolute atomic E-state index is 13.6. The summed E-state index contributed by atoms with van der Waals surface area (Å²) in [6, 6.07) is 20.2. The second-order valence-corrected chi connectivity index (χ2v) is 9.02. The monoisotopic (exact) mass is 476 g/mol. The quantitative estimate of drug-likeness (QED) is 0.355. The van der Waals surface area contributed by atoms with Crippen LogP contribution in [0, 0.1) is 0 Å². The number of para-hydroxylation sites is 1. The van der Waals surface area contributed by atoms with Gasteiger partial charge in [-0.15, -0.1) is 0 Å². The van der Waals surface area contributed by atoms with E-state index in [1.54, 1.807) is 38.5 Å². The summed E-state index contributed by atoms with van der Waals surface area (Å²) in [7, 11) is 0. The van der Waals surface area contributed by atoms with Crippen molar-refractivity contribution in [1.29, 1.82) is 0 Å². The van der Waals surface area contributed by atoms with E-state index in [2.05, 4.69) is 0 Å². The molecule has 36 heavy (non-hydrogen) atoms. The normalized spacial score (nSPS) is 14.4. The molecule has 6 aromatic rings. The van der Waals surface area contributed by atoms with Gasteiger partial charge in [0, 0.05) is 47.7 Å². The van der Waals surface area contributed by atoms with E-state index < -0.39 is 0 Å². The van der Waals surface area contributed by atoms with Crippen molar-refractivity contribution < 1.29 is 14.0 Å². The number of carbonyl (C=O) groups excluding carboxylic acids is 2. The fraction of sp³-hybridized carbons (Fsp3) is 0.143. The van der Waals surface area contributed by atoms with Crippen LogP contribution < -0.4 is 5.56 Å². The molecule has 0 atom stereocenters. The van der Waals surface area contributed by atoms with Crippen molar-refractivity contribution in [1.82, 2.24) is 19.2 Å². The fourth-order valence-electron chi connectivity index (χ4n) is 5.32. The molecule has 5 heterocycles. The number of pyridine rings is 2. The van der Waals surface area contributed by atoms with Gasteiger partial charge in [0.05, 0.1) is 22.8 Å². The first kappa shape index (κ1) is 20.6. The molecule has 0 N–H and O–H groups in total. The topological polar surface area (TPSA) is 88.1 Å². The van der Waals surface area contributed by atoms with E-state index in [9.17, 15) is 14.4 Å². The van der Waals surface area contributed by atoms with E-state index in [1.165, 1.54) is 6.26 Å². The Morgan fingerprint density at radius 1 is 0.750 bits per heavy atom. The highest BCUT2D eigenvalue weighted by Crippen LogP contribution is 2.34. The minimum absolute atomic E-state index is 0.0949. The summed E-state index contributed by atoms with van der Waals surface area (Å²) in [5.41, 5.74) is 2.39. The van der Waals surface area contributed by atoms with E-state index in [0.717, 1.165) is 27.2 Å². The highest BCUT2D eigenvalue weighted by Gasteiger charge is 2.28. The third-order valence-corrected chi connectivity index (χ3v) is 7.07. The number of nitrogens with zero attached hydrogens (tertiary/aromatic N) is 4. The molecule has 0 unspecified atom stereocenters. The van der Waals surface area contributed by atoms with E-state index in [1.807, 2.05) is 42.5 Å². The number of furan rings is 1. The summed E-state index contributed by atoms with van der Waals surface area (Å²) in [5.74, 6) is -0.0692. The second-order valence-electron chi connectivity index (χ2n) is 9.02. The maximum Gasteiger partial charge on any atom is 0.289 e. The smallest absolute Gasteiger partial charge is 0.289 e. The predicted molar refractivity (Wildman–Crippen MR) is 136 cm³/mol. The summed E-state index contributed by atoms with van der Waals surface area (Å²) < 4.78 is 6.94. The molecule has 176 valence electrons. The van der Waals surface area contributed by atoms with Gasteiger partial charge in [-0.05, 0) is 30.3 Å². The van der Waals surface area contributed by atoms with Crippen LogP contribution in [0.25, 0.3) is 38.1 Å². The molecule has 8 heteroatoms. The number of hydrogen-bond donors (Lipinski definition) is 0. The van der Waals surface area contributed by atoms with Crippen LogP contribution in [0.1, 0.15) is 21.0 Å². The average molecular weight is 476 g/mol. The third-order valence-electron chi connectivity index (χ3n) is 7.07. The Balaban J connectivity index is 1.33. The van der Waals surface area contributed by atoms with Gasteiger partial charge in [-0.2, -0.15) is 0 Å². The number of aromatic nitrogens is 2. The zero-order chi connectivity index (χ0) is 24.4. The van der Waals surface area contributed by atoms with Crippen molar-refractivity contribution >= 4 is 49.9 Å². The van der Waals surface area contributed by atoms with Gasteiger partial charge >= 0.3 is 0 Å². The highest BCUT2D eigenvalue weighted by molar-refractivity contribution is 6.20. The number of rotatable bonds is 2. The van der Waals surface area contributed by atoms with Gasteiger partial charge in [0.2, 0.25) is 0 Å². The summed E-state index contributed by atoms with van der Waals surface area (Å²) in [6.07, 6.45) is 1.48. The average Bonchev–Trinajstić information content (AvgIpc) is 3.58. The molecule has 8 nitrogen and oxygen atoms in total. The van der Waals surface area contributed by atoms with Crippen LogP contribution in [0.3, 0.4) is 0 Å². The molecule has 0 radical (unpaired) electrons. The minimum atomic E-state index is -0.190. The molecule has 1 aliphatic rings. The van der Waals surface area contributed by atoms with Crippen LogP contribution in [0.15, 0.2) is 82.2 Å².